The third-order valence-electron chi connectivity index (χ3n) is 3.00. The fraction of sp³-hybridized carbons (Fsp3) is 0.0769. The van der Waals surface area contributed by atoms with Crippen LogP contribution < -0.4 is 5.32 Å². The van der Waals surface area contributed by atoms with Gasteiger partial charge in [-0.1, -0.05) is 23.7 Å². The van der Waals surface area contributed by atoms with Crippen LogP contribution in [0.3, 0.4) is 0 Å². The molecule has 0 unspecified atom stereocenters. The molecule has 0 radical (unpaired) electrons. The van der Waals surface area contributed by atoms with Gasteiger partial charge in [0.2, 0.25) is 10.9 Å². The van der Waals surface area contributed by atoms with Crippen LogP contribution in [0, 0.1) is 6.92 Å². The summed E-state index contributed by atoms with van der Waals surface area (Å²) in [5.74, 6) is 0.905. The van der Waals surface area contributed by atoms with Gasteiger partial charge in [0.05, 0.1) is 16.7 Å². The molecule has 0 saturated heterocycles. The molecule has 0 saturated carbocycles. The SMILES string of the molecule is Cc1csc2nc(Nc3nc4ccccc4nc3Cl)nn12. The number of aryl methyl sites for hydroxylation is 1. The van der Waals surface area contributed by atoms with Crippen molar-refractivity contribution in [3.8, 4) is 0 Å². The van der Waals surface area contributed by atoms with E-state index in [0.29, 0.717) is 16.9 Å². The van der Waals surface area contributed by atoms with Gasteiger partial charge < -0.3 is 5.32 Å². The average Bonchev–Trinajstić information content (AvgIpc) is 3.02. The molecule has 4 aromatic rings. The minimum atomic E-state index is 0.295. The number of hydrogen-bond acceptors (Lipinski definition) is 6. The second kappa shape index (κ2) is 4.64. The third-order valence-corrected chi connectivity index (χ3v) is 4.20. The van der Waals surface area contributed by atoms with E-state index in [1.165, 1.54) is 11.3 Å². The third kappa shape index (κ3) is 2.10. The summed E-state index contributed by atoms with van der Waals surface area (Å²) in [5.41, 5.74) is 2.55. The van der Waals surface area contributed by atoms with Crippen LogP contribution in [0.25, 0.3) is 16.0 Å². The summed E-state index contributed by atoms with van der Waals surface area (Å²) >= 11 is 7.69. The summed E-state index contributed by atoms with van der Waals surface area (Å²) in [5, 5.41) is 9.69. The lowest BCUT2D eigenvalue weighted by Gasteiger charge is -2.04. The number of nitrogens with one attached hydrogen (secondary N) is 1. The maximum Gasteiger partial charge on any atom is 0.249 e. The second-order valence-electron chi connectivity index (χ2n) is 4.48. The number of benzene rings is 1. The normalized spacial score (nSPS) is 11.3. The molecule has 4 rings (SSSR count). The van der Waals surface area contributed by atoms with E-state index in [2.05, 4.69) is 25.4 Å². The van der Waals surface area contributed by atoms with Crippen molar-refractivity contribution in [1.29, 1.82) is 0 Å². The van der Waals surface area contributed by atoms with Crippen molar-refractivity contribution in [1.82, 2.24) is 24.6 Å². The number of aromatic nitrogens is 5. The van der Waals surface area contributed by atoms with Gasteiger partial charge in [0.25, 0.3) is 0 Å². The van der Waals surface area contributed by atoms with Gasteiger partial charge in [0.1, 0.15) is 0 Å². The maximum absolute atomic E-state index is 6.16. The first-order chi connectivity index (χ1) is 10.2. The zero-order valence-electron chi connectivity index (χ0n) is 10.9. The number of nitrogens with zero attached hydrogens (tertiary/aromatic N) is 5. The Morgan fingerprint density at radius 2 is 1.90 bits per heavy atom. The van der Waals surface area contributed by atoms with E-state index in [0.717, 1.165) is 21.7 Å². The van der Waals surface area contributed by atoms with Gasteiger partial charge in [-0.2, -0.15) is 4.98 Å². The molecule has 1 aromatic carbocycles. The summed E-state index contributed by atoms with van der Waals surface area (Å²) < 4.78 is 1.77. The van der Waals surface area contributed by atoms with Crippen LogP contribution in [0.1, 0.15) is 5.69 Å². The molecule has 104 valence electrons. The first-order valence-corrected chi connectivity index (χ1v) is 7.46. The molecular weight excluding hydrogens is 308 g/mol. The summed E-state index contributed by atoms with van der Waals surface area (Å²) in [6.07, 6.45) is 0. The van der Waals surface area contributed by atoms with Gasteiger partial charge >= 0.3 is 0 Å². The number of fused-ring (bicyclic) bond motifs is 2. The number of rotatable bonds is 2. The zero-order valence-corrected chi connectivity index (χ0v) is 12.5. The number of para-hydroxylation sites is 2. The predicted octanol–water partition coefficient (Wildman–Crippen LogP) is 3.44. The van der Waals surface area contributed by atoms with Gasteiger partial charge in [-0.3, -0.25) is 0 Å². The standard InChI is InChI=1S/C13H9ClN6S/c1-7-6-21-13-18-12(19-20(7)13)17-11-10(14)15-8-4-2-3-5-9(8)16-11/h2-6H,1H3,(H,16,17,19). The number of anilines is 2. The van der Waals surface area contributed by atoms with E-state index in [1.54, 1.807) is 4.52 Å². The van der Waals surface area contributed by atoms with E-state index in [9.17, 15) is 0 Å². The molecule has 8 heteroatoms. The van der Waals surface area contributed by atoms with E-state index >= 15 is 0 Å². The van der Waals surface area contributed by atoms with Crippen molar-refractivity contribution in [3.63, 3.8) is 0 Å². The molecule has 0 aliphatic carbocycles. The Balaban J connectivity index is 1.77. The van der Waals surface area contributed by atoms with Crippen LogP contribution in [0.2, 0.25) is 5.15 Å². The predicted molar refractivity (Wildman–Crippen MR) is 83.4 cm³/mol. The molecule has 0 amide bonds. The van der Waals surface area contributed by atoms with Crippen LogP contribution in [0.5, 0.6) is 0 Å². The van der Waals surface area contributed by atoms with Crippen LogP contribution >= 0.6 is 22.9 Å². The molecular formula is C13H9ClN6S. The van der Waals surface area contributed by atoms with E-state index < -0.39 is 0 Å². The second-order valence-corrected chi connectivity index (χ2v) is 5.68. The molecule has 0 fully saturated rings. The van der Waals surface area contributed by atoms with Crippen molar-refractivity contribution in [2.45, 2.75) is 6.92 Å². The van der Waals surface area contributed by atoms with Crippen molar-refractivity contribution in [2.75, 3.05) is 5.32 Å². The summed E-state index contributed by atoms with van der Waals surface area (Å²) in [6, 6.07) is 7.55. The first kappa shape index (κ1) is 12.5. The largest absolute Gasteiger partial charge is 0.305 e. The fourth-order valence-electron chi connectivity index (χ4n) is 2.01. The molecule has 3 aromatic heterocycles. The van der Waals surface area contributed by atoms with Gasteiger partial charge in [0, 0.05) is 5.38 Å². The van der Waals surface area contributed by atoms with Gasteiger partial charge in [-0.15, -0.1) is 16.4 Å². The lowest BCUT2D eigenvalue weighted by molar-refractivity contribution is 0.935. The number of thiazole rings is 1. The summed E-state index contributed by atoms with van der Waals surface area (Å²) in [6.45, 7) is 1.98. The van der Waals surface area contributed by atoms with E-state index in [-0.39, 0.29) is 0 Å². The van der Waals surface area contributed by atoms with Gasteiger partial charge in [-0.05, 0) is 19.1 Å². The van der Waals surface area contributed by atoms with E-state index in [1.807, 2.05) is 36.6 Å². The minimum Gasteiger partial charge on any atom is -0.305 e. The highest BCUT2D eigenvalue weighted by Gasteiger charge is 2.11. The van der Waals surface area contributed by atoms with Gasteiger partial charge in [0.15, 0.2) is 11.0 Å². The Morgan fingerprint density at radius 1 is 1.14 bits per heavy atom. The monoisotopic (exact) mass is 316 g/mol. The summed E-state index contributed by atoms with van der Waals surface area (Å²) in [4.78, 5) is 14.0. The lowest BCUT2D eigenvalue weighted by Crippen LogP contribution is -1.99. The highest BCUT2D eigenvalue weighted by Crippen LogP contribution is 2.24. The molecule has 0 aliphatic heterocycles. The molecule has 0 atom stereocenters. The van der Waals surface area contributed by atoms with Gasteiger partial charge in [-0.25, -0.2) is 14.5 Å². The Bertz CT molecular complexity index is 960. The first-order valence-electron chi connectivity index (χ1n) is 6.21. The number of hydrogen-bond donors (Lipinski definition) is 1. The smallest absolute Gasteiger partial charge is 0.249 e. The van der Waals surface area contributed by atoms with Crippen molar-refractivity contribution in [3.05, 3.63) is 40.5 Å². The highest BCUT2D eigenvalue weighted by molar-refractivity contribution is 7.15. The lowest BCUT2D eigenvalue weighted by atomic mass is 10.3. The van der Waals surface area contributed by atoms with E-state index in [4.69, 9.17) is 11.6 Å². The highest BCUT2D eigenvalue weighted by atomic mass is 35.5. The number of halogens is 1. The van der Waals surface area contributed by atoms with Crippen molar-refractivity contribution in [2.24, 2.45) is 0 Å². The molecule has 1 N–H and O–H groups in total. The molecule has 0 aliphatic rings. The fourth-order valence-corrected chi connectivity index (χ4v) is 2.99. The molecule has 6 nitrogen and oxygen atoms in total. The van der Waals surface area contributed by atoms with Crippen LogP contribution in [-0.4, -0.2) is 24.6 Å². The topological polar surface area (TPSA) is 68.0 Å². The minimum absolute atomic E-state index is 0.295. The molecule has 21 heavy (non-hydrogen) atoms. The average molecular weight is 317 g/mol. The molecule has 0 bridgehead atoms. The Kier molecular flexibility index (Phi) is 2.76. The van der Waals surface area contributed by atoms with Crippen molar-refractivity contribution >= 4 is 50.7 Å². The van der Waals surface area contributed by atoms with Crippen LogP contribution in [-0.2, 0) is 0 Å². The quantitative estimate of drug-likeness (QED) is 0.613. The Hall–Kier alpha value is -2.25. The maximum atomic E-state index is 6.16. The van der Waals surface area contributed by atoms with Crippen LogP contribution in [0.4, 0.5) is 11.8 Å². The zero-order chi connectivity index (χ0) is 14.4. The summed E-state index contributed by atoms with van der Waals surface area (Å²) in [7, 11) is 0. The van der Waals surface area contributed by atoms with Crippen molar-refractivity contribution < 1.29 is 0 Å². The molecule has 0 spiro atoms. The van der Waals surface area contributed by atoms with Crippen LogP contribution in [0.15, 0.2) is 29.6 Å². The Morgan fingerprint density at radius 3 is 2.67 bits per heavy atom. The molecule has 3 heterocycles. The Labute approximate surface area is 128 Å².